The second kappa shape index (κ2) is 8.80. The van der Waals surface area contributed by atoms with Crippen molar-refractivity contribution in [1.29, 1.82) is 0 Å². The van der Waals surface area contributed by atoms with Gasteiger partial charge in [0.2, 0.25) is 0 Å². The first-order valence-electron chi connectivity index (χ1n) is 10.8. The van der Waals surface area contributed by atoms with E-state index in [0.29, 0.717) is 17.1 Å². The molecule has 1 aliphatic carbocycles. The number of carbonyl (C=O) groups is 2. The number of ketones is 1. The first-order valence-corrected chi connectivity index (χ1v) is 10.8. The minimum atomic E-state index is -0.0696. The number of benzene rings is 1. The standard InChI is InChI=1S/C23H30N4O2/c1-16-10-12-18(13-11-16)25-23(29)21-22(26-20-9-5-6-14-27(20)21)24-15-19(28)17-7-3-2-4-8-17/h2-4,7-8,16,18,24H,5-6,9-15H2,1H3,(H,25,29). The lowest BCUT2D eigenvalue weighted by molar-refractivity contribution is 0.0911. The number of nitrogens with one attached hydrogen (secondary N) is 2. The summed E-state index contributed by atoms with van der Waals surface area (Å²) in [6, 6.07) is 9.44. The van der Waals surface area contributed by atoms with Crippen molar-refractivity contribution in [3.8, 4) is 0 Å². The van der Waals surface area contributed by atoms with Gasteiger partial charge in [0.25, 0.3) is 5.91 Å². The third kappa shape index (κ3) is 4.52. The number of nitrogens with zero attached hydrogens (tertiary/aromatic N) is 2. The summed E-state index contributed by atoms with van der Waals surface area (Å²) in [5.41, 5.74) is 1.24. The molecule has 29 heavy (non-hydrogen) atoms. The molecule has 0 spiro atoms. The van der Waals surface area contributed by atoms with E-state index in [4.69, 9.17) is 0 Å². The third-order valence-corrected chi connectivity index (χ3v) is 6.16. The molecule has 154 valence electrons. The van der Waals surface area contributed by atoms with Gasteiger partial charge in [0.1, 0.15) is 5.82 Å². The Morgan fingerprint density at radius 2 is 1.86 bits per heavy atom. The van der Waals surface area contributed by atoms with Crippen molar-refractivity contribution >= 4 is 17.5 Å². The molecule has 6 nitrogen and oxygen atoms in total. The van der Waals surface area contributed by atoms with Crippen LogP contribution in [0.25, 0.3) is 0 Å². The van der Waals surface area contributed by atoms with Gasteiger partial charge in [-0.3, -0.25) is 9.59 Å². The lowest BCUT2D eigenvalue weighted by Crippen LogP contribution is -2.39. The molecule has 4 rings (SSSR count). The van der Waals surface area contributed by atoms with Gasteiger partial charge in [-0.25, -0.2) is 4.98 Å². The maximum atomic E-state index is 13.2. The fourth-order valence-corrected chi connectivity index (χ4v) is 4.39. The van der Waals surface area contributed by atoms with Crippen LogP contribution in [0.3, 0.4) is 0 Å². The van der Waals surface area contributed by atoms with Crippen LogP contribution >= 0.6 is 0 Å². The van der Waals surface area contributed by atoms with Gasteiger partial charge in [-0.15, -0.1) is 0 Å². The van der Waals surface area contributed by atoms with E-state index in [2.05, 4.69) is 22.5 Å². The third-order valence-electron chi connectivity index (χ3n) is 6.16. The minimum absolute atomic E-state index is 0.0100. The Balaban J connectivity index is 1.50. The lowest BCUT2D eigenvalue weighted by atomic mass is 9.87. The number of hydrogen-bond donors (Lipinski definition) is 2. The summed E-state index contributed by atoms with van der Waals surface area (Å²) in [4.78, 5) is 30.3. The van der Waals surface area contributed by atoms with E-state index in [9.17, 15) is 9.59 Å². The number of anilines is 1. The molecule has 1 saturated carbocycles. The Morgan fingerprint density at radius 3 is 2.62 bits per heavy atom. The number of carbonyl (C=O) groups excluding carboxylic acids is 2. The van der Waals surface area contributed by atoms with Crippen molar-refractivity contribution in [3.05, 3.63) is 47.4 Å². The van der Waals surface area contributed by atoms with Crippen LogP contribution in [0.5, 0.6) is 0 Å². The van der Waals surface area contributed by atoms with E-state index in [0.717, 1.165) is 63.2 Å². The molecule has 0 radical (unpaired) electrons. The molecule has 1 aliphatic heterocycles. The number of fused-ring (bicyclic) bond motifs is 1. The maximum absolute atomic E-state index is 13.2. The molecule has 2 aromatic rings. The molecular weight excluding hydrogens is 364 g/mol. The van der Waals surface area contributed by atoms with Gasteiger partial charge in [-0.2, -0.15) is 0 Å². The molecule has 1 amide bonds. The number of aryl methyl sites for hydroxylation is 1. The van der Waals surface area contributed by atoms with Crippen LogP contribution in [-0.2, 0) is 13.0 Å². The number of Topliss-reactive ketones (excluding diaryl/α,β-unsaturated/α-hetero) is 1. The molecule has 1 aromatic carbocycles. The maximum Gasteiger partial charge on any atom is 0.272 e. The molecule has 6 heteroatoms. The zero-order valence-corrected chi connectivity index (χ0v) is 17.1. The number of amides is 1. The van der Waals surface area contributed by atoms with E-state index in [1.807, 2.05) is 22.8 Å². The average Bonchev–Trinajstić information content (AvgIpc) is 3.13. The first-order chi connectivity index (χ1) is 14.1. The molecule has 0 bridgehead atoms. The Labute approximate surface area is 172 Å². The summed E-state index contributed by atoms with van der Waals surface area (Å²) in [5, 5.41) is 6.38. The monoisotopic (exact) mass is 394 g/mol. The van der Waals surface area contributed by atoms with Crippen molar-refractivity contribution in [3.63, 3.8) is 0 Å². The SMILES string of the molecule is CC1CCC(NC(=O)c2c(NCC(=O)c3ccccc3)nc3n2CCCC3)CC1. The summed E-state index contributed by atoms with van der Waals surface area (Å²) in [7, 11) is 0. The van der Waals surface area contributed by atoms with Gasteiger partial charge in [-0.05, 0) is 44.4 Å². The second-order valence-corrected chi connectivity index (χ2v) is 8.41. The number of imidazole rings is 1. The molecule has 2 heterocycles. The Bertz CT molecular complexity index is 867. The summed E-state index contributed by atoms with van der Waals surface area (Å²) < 4.78 is 2.04. The van der Waals surface area contributed by atoms with Crippen molar-refractivity contribution in [2.75, 3.05) is 11.9 Å². The smallest absolute Gasteiger partial charge is 0.272 e. The van der Waals surface area contributed by atoms with Gasteiger partial charge in [-0.1, -0.05) is 37.3 Å². The van der Waals surface area contributed by atoms with Crippen LogP contribution in [0, 0.1) is 5.92 Å². The molecule has 0 saturated heterocycles. The van der Waals surface area contributed by atoms with E-state index in [1.54, 1.807) is 12.1 Å². The van der Waals surface area contributed by atoms with Gasteiger partial charge in [0, 0.05) is 24.6 Å². The molecule has 1 fully saturated rings. The number of hydrogen-bond acceptors (Lipinski definition) is 4. The van der Waals surface area contributed by atoms with E-state index >= 15 is 0 Å². The quantitative estimate of drug-likeness (QED) is 0.730. The van der Waals surface area contributed by atoms with Crippen LogP contribution in [0.1, 0.15) is 72.1 Å². The molecule has 0 unspecified atom stereocenters. The van der Waals surface area contributed by atoms with Crippen molar-refractivity contribution in [2.24, 2.45) is 5.92 Å². The highest BCUT2D eigenvalue weighted by atomic mass is 16.2. The zero-order valence-electron chi connectivity index (χ0n) is 17.1. The molecule has 2 N–H and O–H groups in total. The van der Waals surface area contributed by atoms with Crippen LogP contribution in [0.2, 0.25) is 0 Å². The van der Waals surface area contributed by atoms with Gasteiger partial charge >= 0.3 is 0 Å². The normalized spacial score (nSPS) is 21.3. The van der Waals surface area contributed by atoms with Crippen molar-refractivity contribution < 1.29 is 9.59 Å². The number of aromatic nitrogens is 2. The fourth-order valence-electron chi connectivity index (χ4n) is 4.39. The highest BCUT2D eigenvalue weighted by Crippen LogP contribution is 2.26. The minimum Gasteiger partial charge on any atom is -0.361 e. The summed E-state index contributed by atoms with van der Waals surface area (Å²) >= 11 is 0. The van der Waals surface area contributed by atoms with Crippen molar-refractivity contribution in [1.82, 2.24) is 14.9 Å². The zero-order chi connectivity index (χ0) is 20.2. The van der Waals surface area contributed by atoms with Gasteiger partial charge in [0.05, 0.1) is 6.54 Å². The molecule has 1 aromatic heterocycles. The fraction of sp³-hybridized carbons (Fsp3) is 0.522. The Morgan fingerprint density at radius 1 is 1.10 bits per heavy atom. The Kier molecular flexibility index (Phi) is 5.97. The predicted octanol–water partition coefficient (Wildman–Crippen LogP) is 3.82. The largest absolute Gasteiger partial charge is 0.361 e. The summed E-state index contributed by atoms with van der Waals surface area (Å²) in [6.45, 7) is 3.21. The summed E-state index contributed by atoms with van der Waals surface area (Å²) in [6.07, 6.45) is 7.38. The highest BCUT2D eigenvalue weighted by Gasteiger charge is 2.28. The summed E-state index contributed by atoms with van der Waals surface area (Å²) in [5.74, 6) is 2.14. The lowest BCUT2D eigenvalue weighted by Gasteiger charge is -2.27. The van der Waals surface area contributed by atoms with Crippen LogP contribution in [-0.4, -0.2) is 33.8 Å². The number of rotatable bonds is 6. The topological polar surface area (TPSA) is 76.0 Å². The first kappa shape index (κ1) is 19.7. The van der Waals surface area contributed by atoms with E-state index < -0.39 is 0 Å². The predicted molar refractivity (Wildman–Crippen MR) is 113 cm³/mol. The van der Waals surface area contributed by atoms with E-state index in [1.165, 1.54) is 0 Å². The molecule has 0 atom stereocenters. The highest BCUT2D eigenvalue weighted by molar-refractivity contribution is 6.01. The van der Waals surface area contributed by atoms with Crippen molar-refractivity contribution in [2.45, 2.75) is 64.5 Å². The molecular formula is C23H30N4O2. The van der Waals surface area contributed by atoms with Gasteiger partial charge in [0.15, 0.2) is 17.3 Å². The van der Waals surface area contributed by atoms with Crippen LogP contribution in [0.15, 0.2) is 30.3 Å². The van der Waals surface area contributed by atoms with Crippen LogP contribution < -0.4 is 10.6 Å². The van der Waals surface area contributed by atoms with Gasteiger partial charge < -0.3 is 15.2 Å². The Hall–Kier alpha value is -2.63. The van der Waals surface area contributed by atoms with Crippen LogP contribution in [0.4, 0.5) is 5.82 Å². The van der Waals surface area contributed by atoms with E-state index in [-0.39, 0.29) is 24.3 Å². The average molecular weight is 395 g/mol. The molecule has 2 aliphatic rings. The second-order valence-electron chi connectivity index (χ2n) is 8.41.